The molecular weight excluding hydrogens is 193 g/mol. The fourth-order valence-corrected chi connectivity index (χ4v) is 0.829. The quantitative estimate of drug-likeness (QED) is 0.577. The van der Waals surface area contributed by atoms with E-state index in [1.54, 1.807) is 0 Å². The lowest BCUT2D eigenvalue weighted by molar-refractivity contribution is -0.276. The van der Waals surface area contributed by atoms with Crippen LogP contribution < -0.4 is 0 Å². The molecule has 7 heteroatoms. The molecule has 2 atom stereocenters. The van der Waals surface area contributed by atoms with Gasteiger partial charge >= 0.3 is 12.1 Å². The first-order valence-corrected chi connectivity index (χ1v) is 3.36. The molecule has 1 saturated heterocycles. The average molecular weight is 200 g/mol. The van der Waals surface area contributed by atoms with E-state index in [1.165, 1.54) is 0 Å². The van der Waals surface area contributed by atoms with Gasteiger partial charge in [0.1, 0.15) is 0 Å². The molecule has 0 aromatic carbocycles. The largest absolute Gasteiger partial charge is 0.467 e. The summed E-state index contributed by atoms with van der Waals surface area (Å²) in [6.45, 7) is -0.434. The number of ether oxygens (including phenoxy) is 3. The first-order chi connectivity index (χ1) is 5.95. The number of hydrogen-bond donors (Lipinski definition) is 0. The second-order valence-electron chi connectivity index (χ2n) is 2.35. The second-order valence-corrected chi connectivity index (χ2v) is 2.35. The molecule has 2 unspecified atom stereocenters. The molecule has 0 amide bonds. The summed E-state index contributed by atoms with van der Waals surface area (Å²) in [5.41, 5.74) is 0. The minimum Gasteiger partial charge on any atom is -0.467 e. The molecule has 0 aromatic rings. The van der Waals surface area contributed by atoms with Crippen LogP contribution in [0.2, 0.25) is 0 Å². The van der Waals surface area contributed by atoms with Crippen LogP contribution in [0.4, 0.5) is 13.2 Å². The summed E-state index contributed by atoms with van der Waals surface area (Å²) in [5, 5.41) is 0. The number of methoxy groups -OCH3 is 1. The Morgan fingerprint density at radius 3 is 2.54 bits per heavy atom. The van der Waals surface area contributed by atoms with E-state index in [1.807, 2.05) is 0 Å². The lowest BCUT2D eigenvalue weighted by Gasteiger charge is -2.13. The van der Waals surface area contributed by atoms with Crippen LogP contribution >= 0.6 is 0 Å². The summed E-state index contributed by atoms with van der Waals surface area (Å²) in [4.78, 5) is 10.7. The third kappa shape index (κ3) is 2.31. The molecule has 1 heterocycles. The molecule has 0 saturated carbocycles. The number of rotatable bonds is 1. The third-order valence-corrected chi connectivity index (χ3v) is 1.42. The van der Waals surface area contributed by atoms with Gasteiger partial charge in [0.25, 0.3) is 6.29 Å². The highest BCUT2D eigenvalue weighted by molar-refractivity contribution is 5.74. The van der Waals surface area contributed by atoms with Gasteiger partial charge in [0, 0.05) is 0 Å². The van der Waals surface area contributed by atoms with Gasteiger partial charge in [-0.15, -0.1) is 0 Å². The van der Waals surface area contributed by atoms with Gasteiger partial charge in [-0.25, -0.2) is 4.79 Å². The summed E-state index contributed by atoms with van der Waals surface area (Å²) >= 11 is 0. The predicted molar refractivity (Wildman–Crippen MR) is 32.7 cm³/mol. The highest BCUT2D eigenvalue weighted by atomic mass is 19.4. The van der Waals surface area contributed by atoms with Gasteiger partial charge in [0.2, 0.25) is 0 Å². The standard InChI is InChI=1S/C6H7F3O4/c1-11-4(10)3-2-12-5(13-3)6(7,8)9/h3,5H,2H2,1H3. The van der Waals surface area contributed by atoms with E-state index in [0.717, 1.165) is 7.11 Å². The van der Waals surface area contributed by atoms with Crippen molar-refractivity contribution in [1.82, 2.24) is 0 Å². The smallest absolute Gasteiger partial charge is 0.440 e. The lowest BCUT2D eigenvalue weighted by atomic mass is 10.4. The zero-order valence-corrected chi connectivity index (χ0v) is 6.63. The van der Waals surface area contributed by atoms with Gasteiger partial charge in [-0.05, 0) is 0 Å². The first kappa shape index (κ1) is 10.3. The van der Waals surface area contributed by atoms with Gasteiger partial charge < -0.3 is 14.2 Å². The van der Waals surface area contributed by atoms with Crippen LogP contribution in [0.5, 0.6) is 0 Å². The Labute approximate surface area is 71.6 Å². The molecule has 0 bridgehead atoms. The summed E-state index contributed by atoms with van der Waals surface area (Å²) in [5.74, 6) is -0.869. The first-order valence-electron chi connectivity index (χ1n) is 3.36. The number of alkyl halides is 3. The molecule has 1 rings (SSSR count). The Hall–Kier alpha value is -0.820. The van der Waals surface area contributed by atoms with Crippen molar-refractivity contribution in [2.45, 2.75) is 18.6 Å². The Kier molecular flexibility index (Phi) is 2.77. The maximum Gasteiger partial charge on any atom is 0.440 e. The van der Waals surface area contributed by atoms with Crippen LogP contribution in [0, 0.1) is 0 Å². The number of hydrogen-bond acceptors (Lipinski definition) is 4. The predicted octanol–water partition coefficient (Wildman–Crippen LogP) is 0.463. The van der Waals surface area contributed by atoms with Crippen LogP contribution in [0.3, 0.4) is 0 Å². The monoisotopic (exact) mass is 200 g/mol. The van der Waals surface area contributed by atoms with Crippen molar-refractivity contribution in [1.29, 1.82) is 0 Å². The summed E-state index contributed by atoms with van der Waals surface area (Å²) < 4.78 is 48.3. The number of esters is 1. The Morgan fingerprint density at radius 1 is 1.54 bits per heavy atom. The maximum atomic E-state index is 11.9. The molecule has 1 aliphatic rings. The molecule has 1 fully saturated rings. The highest BCUT2D eigenvalue weighted by Crippen LogP contribution is 2.28. The number of carbonyl (C=O) groups excluding carboxylic acids is 1. The molecule has 0 aliphatic carbocycles. The SMILES string of the molecule is COC(=O)C1COC(C(F)(F)F)O1. The third-order valence-electron chi connectivity index (χ3n) is 1.42. The normalized spacial score (nSPS) is 28.9. The van der Waals surface area contributed by atoms with E-state index in [-0.39, 0.29) is 0 Å². The van der Waals surface area contributed by atoms with Crippen molar-refractivity contribution in [2.24, 2.45) is 0 Å². The Balaban J connectivity index is 2.50. The molecule has 0 spiro atoms. The van der Waals surface area contributed by atoms with Crippen LogP contribution in [0.1, 0.15) is 0 Å². The summed E-state index contributed by atoms with van der Waals surface area (Å²) in [7, 11) is 1.06. The van der Waals surface area contributed by atoms with E-state index < -0.39 is 31.1 Å². The van der Waals surface area contributed by atoms with Gasteiger partial charge in [-0.2, -0.15) is 13.2 Å². The van der Waals surface area contributed by atoms with Crippen molar-refractivity contribution >= 4 is 5.97 Å². The van der Waals surface area contributed by atoms with E-state index in [9.17, 15) is 18.0 Å². The van der Waals surface area contributed by atoms with Gasteiger partial charge in [-0.3, -0.25) is 0 Å². The Morgan fingerprint density at radius 2 is 2.15 bits per heavy atom. The maximum absolute atomic E-state index is 11.9. The van der Waals surface area contributed by atoms with Gasteiger partial charge in [0.05, 0.1) is 13.7 Å². The van der Waals surface area contributed by atoms with E-state index in [0.29, 0.717) is 0 Å². The molecule has 1 aliphatic heterocycles. The van der Waals surface area contributed by atoms with Gasteiger partial charge in [-0.1, -0.05) is 0 Å². The van der Waals surface area contributed by atoms with E-state index in [4.69, 9.17) is 0 Å². The highest BCUT2D eigenvalue weighted by Gasteiger charge is 2.49. The fraction of sp³-hybridized carbons (Fsp3) is 0.833. The summed E-state index contributed by atoms with van der Waals surface area (Å²) in [6, 6.07) is 0. The van der Waals surface area contributed by atoms with Crippen LogP contribution in [0.25, 0.3) is 0 Å². The minimum atomic E-state index is -4.61. The topological polar surface area (TPSA) is 44.8 Å². The second kappa shape index (κ2) is 3.51. The zero-order valence-electron chi connectivity index (χ0n) is 6.63. The van der Waals surface area contributed by atoms with Crippen molar-refractivity contribution < 1.29 is 32.2 Å². The van der Waals surface area contributed by atoms with Crippen molar-refractivity contribution in [3.63, 3.8) is 0 Å². The van der Waals surface area contributed by atoms with Gasteiger partial charge in [0.15, 0.2) is 6.10 Å². The molecule has 0 radical (unpaired) electrons. The van der Waals surface area contributed by atoms with Crippen LogP contribution in [-0.2, 0) is 19.0 Å². The molecular formula is C6H7F3O4. The zero-order chi connectivity index (χ0) is 10.1. The van der Waals surface area contributed by atoms with Crippen LogP contribution in [0.15, 0.2) is 0 Å². The lowest BCUT2D eigenvalue weighted by Crippen LogP contribution is -2.32. The van der Waals surface area contributed by atoms with E-state index >= 15 is 0 Å². The minimum absolute atomic E-state index is 0.434. The Bertz CT molecular complexity index is 203. The average Bonchev–Trinajstić information content (AvgIpc) is 2.50. The number of halogens is 3. The molecule has 0 aromatic heterocycles. The number of carbonyl (C=O) groups is 1. The van der Waals surface area contributed by atoms with E-state index in [2.05, 4.69) is 14.2 Å². The summed E-state index contributed by atoms with van der Waals surface area (Å²) in [6.07, 6.45) is -8.21. The van der Waals surface area contributed by atoms with Crippen molar-refractivity contribution in [3.05, 3.63) is 0 Å². The fourth-order valence-electron chi connectivity index (χ4n) is 0.829. The molecule has 76 valence electrons. The van der Waals surface area contributed by atoms with Crippen molar-refractivity contribution in [2.75, 3.05) is 13.7 Å². The molecule has 0 N–H and O–H groups in total. The van der Waals surface area contributed by atoms with Crippen molar-refractivity contribution in [3.8, 4) is 0 Å². The van der Waals surface area contributed by atoms with Crippen LogP contribution in [-0.4, -0.2) is 38.3 Å². The molecule has 4 nitrogen and oxygen atoms in total. The molecule has 13 heavy (non-hydrogen) atoms.